The molecule has 0 aromatic heterocycles. The highest BCUT2D eigenvalue weighted by Crippen LogP contribution is 2.27. The van der Waals surface area contributed by atoms with Crippen molar-refractivity contribution in [1.82, 2.24) is 10.2 Å². The molecule has 5 nitrogen and oxygen atoms in total. The number of amides is 2. The van der Waals surface area contributed by atoms with Gasteiger partial charge in [-0.3, -0.25) is 9.59 Å². The molecule has 26 heavy (non-hydrogen) atoms. The fraction of sp³-hybridized carbons (Fsp3) is 0.619. The number of rotatable bonds is 7. The van der Waals surface area contributed by atoms with Gasteiger partial charge in [-0.05, 0) is 48.8 Å². The molecule has 0 bridgehead atoms. The Morgan fingerprint density at radius 3 is 2.81 bits per heavy atom. The van der Waals surface area contributed by atoms with E-state index in [-0.39, 0.29) is 23.8 Å². The lowest BCUT2D eigenvalue weighted by atomic mass is 9.88. The Balaban J connectivity index is 1.63. The van der Waals surface area contributed by atoms with Crippen LogP contribution in [0, 0.1) is 5.92 Å². The summed E-state index contributed by atoms with van der Waals surface area (Å²) < 4.78 is 5.04. The van der Waals surface area contributed by atoms with Gasteiger partial charge in [-0.25, -0.2) is 0 Å². The van der Waals surface area contributed by atoms with Crippen molar-refractivity contribution in [3.8, 4) is 0 Å². The van der Waals surface area contributed by atoms with Crippen LogP contribution in [0.25, 0.3) is 0 Å². The molecule has 1 aliphatic heterocycles. The van der Waals surface area contributed by atoms with E-state index < -0.39 is 0 Å². The van der Waals surface area contributed by atoms with E-state index in [4.69, 9.17) is 4.74 Å². The minimum Gasteiger partial charge on any atom is -0.383 e. The fourth-order valence-electron chi connectivity index (χ4n) is 4.05. The summed E-state index contributed by atoms with van der Waals surface area (Å²) in [7, 11) is 1.62. The zero-order valence-electron chi connectivity index (χ0n) is 15.9. The third kappa shape index (κ3) is 4.26. The van der Waals surface area contributed by atoms with E-state index in [9.17, 15) is 9.59 Å². The van der Waals surface area contributed by atoms with Gasteiger partial charge in [0.2, 0.25) is 11.8 Å². The summed E-state index contributed by atoms with van der Waals surface area (Å²) in [5.41, 5.74) is 4.07. The van der Waals surface area contributed by atoms with E-state index in [1.54, 1.807) is 12.0 Å². The summed E-state index contributed by atoms with van der Waals surface area (Å²) in [6.45, 7) is 3.65. The normalized spacial score (nSPS) is 20.8. The van der Waals surface area contributed by atoms with E-state index in [1.165, 1.54) is 36.0 Å². The van der Waals surface area contributed by atoms with Crippen molar-refractivity contribution in [2.24, 2.45) is 5.92 Å². The molecule has 2 atom stereocenters. The van der Waals surface area contributed by atoms with Crippen molar-refractivity contribution in [2.75, 3.05) is 26.8 Å². The molecule has 2 amide bonds. The summed E-state index contributed by atoms with van der Waals surface area (Å²) >= 11 is 0. The summed E-state index contributed by atoms with van der Waals surface area (Å²) in [4.78, 5) is 26.5. The van der Waals surface area contributed by atoms with Crippen LogP contribution in [0.3, 0.4) is 0 Å². The van der Waals surface area contributed by atoms with Gasteiger partial charge in [0.05, 0.1) is 18.6 Å². The summed E-state index contributed by atoms with van der Waals surface area (Å²) in [6, 6.07) is 6.67. The number of nitrogens with zero attached hydrogens (tertiary/aromatic N) is 1. The van der Waals surface area contributed by atoms with Crippen LogP contribution in [0.5, 0.6) is 0 Å². The van der Waals surface area contributed by atoms with E-state index in [2.05, 4.69) is 30.4 Å². The molecule has 1 heterocycles. The third-order valence-corrected chi connectivity index (χ3v) is 5.65. The largest absolute Gasteiger partial charge is 0.383 e. The first-order valence-corrected chi connectivity index (χ1v) is 9.81. The molecule has 1 aromatic rings. The second-order valence-corrected chi connectivity index (χ2v) is 7.44. The van der Waals surface area contributed by atoms with Crippen molar-refractivity contribution in [2.45, 2.75) is 51.5 Å². The number of carbonyl (C=O) groups excluding carboxylic acids is 2. The zero-order valence-corrected chi connectivity index (χ0v) is 15.9. The van der Waals surface area contributed by atoms with Gasteiger partial charge < -0.3 is 15.0 Å². The predicted molar refractivity (Wildman–Crippen MR) is 101 cm³/mol. The average Bonchev–Trinajstić information content (AvgIpc) is 3.04. The highest BCUT2D eigenvalue weighted by atomic mass is 16.5. The average molecular weight is 358 g/mol. The van der Waals surface area contributed by atoms with Crippen LogP contribution in [-0.4, -0.2) is 43.5 Å². The highest BCUT2D eigenvalue weighted by Gasteiger charge is 2.34. The number of carbonyl (C=O) groups is 2. The van der Waals surface area contributed by atoms with Crippen LogP contribution in [-0.2, 0) is 27.2 Å². The van der Waals surface area contributed by atoms with Crippen LogP contribution >= 0.6 is 0 Å². The number of likely N-dealkylation sites (tertiary alicyclic amines) is 1. The van der Waals surface area contributed by atoms with Gasteiger partial charge in [0, 0.05) is 26.6 Å². The van der Waals surface area contributed by atoms with Gasteiger partial charge in [0.1, 0.15) is 0 Å². The molecule has 142 valence electrons. The minimum atomic E-state index is -0.258. The molecule has 1 fully saturated rings. The van der Waals surface area contributed by atoms with Gasteiger partial charge in [-0.2, -0.15) is 0 Å². The monoisotopic (exact) mass is 358 g/mol. The maximum Gasteiger partial charge on any atom is 0.225 e. The Hall–Kier alpha value is -1.88. The van der Waals surface area contributed by atoms with E-state index >= 15 is 0 Å². The Morgan fingerprint density at radius 1 is 1.31 bits per heavy atom. The number of hydrogen-bond donors (Lipinski definition) is 1. The van der Waals surface area contributed by atoms with E-state index in [1.807, 2.05) is 0 Å². The molecule has 0 radical (unpaired) electrons. The van der Waals surface area contributed by atoms with Crippen molar-refractivity contribution >= 4 is 11.8 Å². The zero-order chi connectivity index (χ0) is 18.5. The van der Waals surface area contributed by atoms with Gasteiger partial charge in [0.15, 0.2) is 0 Å². The molecule has 3 rings (SSSR count). The topological polar surface area (TPSA) is 58.6 Å². The number of fused-ring (bicyclic) bond motifs is 1. The number of ether oxygens (including phenoxy) is 1. The molecule has 1 aromatic carbocycles. The Kier molecular flexibility index (Phi) is 6.30. The summed E-state index contributed by atoms with van der Waals surface area (Å²) in [5, 5.41) is 3.18. The number of nitrogens with one attached hydrogen (secondary N) is 1. The van der Waals surface area contributed by atoms with Crippen molar-refractivity contribution in [3.05, 3.63) is 34.9 Å². The van der Waals surface area contributed by atoms with Crippen molar-refractivity contribution < 1.29 is 14.3 Å². The maximum absolute atomic E-state index is 12.7. The molecule has 5 heteroatoms. The number of hydrogen-bond acceptors (Lipinski definition) is 3. The molecule has 0 spiro atoms. The lowest BCUT2D eigenvalue weighted by molar-refractivity contribution is -0.129. The molecule has 1 aliphatic carbocycles. The minimum absolute atomic E-state index is 0.0113. The molecular formula is C21H30N2O3. The van der Waals surface area contributed by atoms with Crippen LogP contribution in [0.4, 0.5) is 0 Å². The first-order valence-electron chi connectivity index (χ1n) is 9.81. The second-order valence-electron chi connectivity index (χ2n) is 7.44. The molecule has 1 N–H and O–H groups in total. The van der Waals surface area contributed by atoms with Crippen molar-refractivity contribution in [1.29, 1.82) is 0 Å². The number of benzene rings is 1. The van der Waals surface area contributed by atoms with Gasteiger partial charge in [-0.1, -0.05) is 25.1 Å². The fourth-order valence-corrected chi connectivity index (χ4v) is 4.05. The van der Waals surface area contributed by atoms with Crippen LogP contribution < -0.4 is 5.32 Å². The van der Waals surface area contributed by atoms with Crippen LogP contribution in [0.1, 0.15) is 55.3 Å². The number of aryl methyl sites for hydroxylation is 2. The first kappa shape index (κ1) is 18.9. The van der Waals surface area contributed by atoms with Crippen LogP contribution in [0.15, 0.2) is 18.2 Å². The Labute approximate surface area is 156 Å². The molecular weight excluding hydrogens is 328 g/mol. The number of methoxy groups -OCH3 is 1. The van der Waals surface area contributed by atoms with Crippen molar-refractivity contribution in [3.63, 3.8) is 0 Å². The second kappa shape index (κ2) is 8.67. The lowest BCUT2D eigenvalue weighted by Gasteiger charge is -2.23. The smallest absolute Gasteiger partial charge is 0.225 e. The SMILES string of the molecule is CCC(NC(=O)C1CC(=O)N(CCOC)C1)c1ccc2c(c1)CCCC2. The molecule has 2 unspecified atom stereocenters. The molecule has 1 saturated heterocycles. The van der Waals surface area contributed by atoms with Gasteiger partial charge >= 0.3 is 0 Å². The standard InChI is InChI=1S/C21H30N2O3/c1-3-19(17-9-8-15-6-4-5-7-16(15)12-17)22-21(25)18-13-20(24)23(14-18)10-11-26-2/h8-9,12,18-19H,3-7,10-11,13-14H2,1-2H3,(H,22,25). The Bertz CT molecular complexity index is 659. The molecule has 0 saturated carbocycles. The lowest BCUT2D eigenvalue weighted by Crippen LogP contribution is -2.36. The summed E-state index contributed by atoms with van der Waals surface area (Å²) in [6.07, 6.45) is 5.98. The quantitative estimate of drug-likeness (QED) is 0.815. The van der Waals surface area contributed by atoms with Gasteiger partial charge in [-0.15, -0.1) is 0 Å². The maximum atomic E-state index is 12.7. The highest BCUT2D eigenvalue weighted by molar-refractivity contribution is 5.89. The third-order valence-electron chi connectivity index (χ3n) is 5.65. The summed E-state index contributed by atoms with van der Waals surface area (Å²) in [5.74, 6) is -0.224. The first-order chi connectivity index (χ1) is 12.6. The van der Waals surface area contributed by atoms with Gasteiger partial charge in [0.25, 0.3) is 0 Å². The van der Waals surface area contributed by atoms with E-state index in [0.29, 0.717) is 26.1 Å². The Morgan fingerprint density at radius 2 is 2.08 bits per heavy atom. The predicted octanol–water partition coefficient (Wildman–Crippen LogP) is 2.63. The van der Waals surface area contributed by atoms with Crippen LogP contribution in [0.2, 0.25) is 0 Å². The van der Waals surface area contributed by atoms with E-state index in [0.717, 1.165) is 12.8 Å². The molecule has 2 aliphatic rings.